The van der Waals surface area contributed by atoms with Gasteiger partial charge in [-0.15, -0.1) is 0 Å². The van der Waals surface area contributed by atoms with Gasteiger partial charge in [0.05, 0.1) is 12.4 Å². The summed E-state index contributed by atoms with van der Waals surface area (Å²) >= 11 is 0. The number of carbonyl (C=O) groups is 1. The largest absolute Gasteiger partial charge is 0.493 e. The second-order valence-electron chi connectivity index (χ2n) is 6.99. The molecule has 0 unspecified atom stereocenters. The summed E-state index contributed by atoms with van der Waals surface area (Å²) < 4.78 is 34.7. The zero-order chi connectivity index (χ0) is 20.1. The van der Waals surface area contributed by atoms with Crippen LogP contribution in [-0.4, -0.2) is 37.6 Å². The van der Waals surface area contributed by atoms with E-state index in [1.54, 1.807) is 26.0 Å². The lowest BCUT2D eigenvalue weighted by molar-refractivity contribution is -0.137. The van der Waals surface area contributed by atoms with Crippen molar-refractivity contribution in [3.05, 3.63) is 23.8 Å². The van der Waals surface area contributed by atoms with Crippen LogP contribution in [0.2, 0.25) is 0 Å². The van der Waals surface area contributed by atoms with Crippen LogP contribution < -0.4 is 8.92 Å². The van der Waals surface area contributed by atoms with E-state index in [9.17, 15) is 13.2 Å². The van der Waals surface area contributed by atoms with Gasteiger partial charge in [0, 0.05) is 18.5 Å². The van der Waals surface area contributed by atoms with E-state index in [2.05, 4.69) is 0 Å². The Kier molecular flexibility index (Phi) is 7.93. The van der Waals surface area contributed by atoms with Gasteiger partial charge in [-0.25, -0.2) is 0 Å². The molecule has 0 aromatic heterocycles. The molecule has 0 heterocycles. The average molecular weight is 386 g/mol. The predicted molar refractivity (Wildman–Crippen MR) is 103 cm³/mol. The molecule has 1 rings (SSSR count). The van der Waals surface area contributed by atoms with Crippen molar-refractivity contribution in [1.82, 2.24) is 4.90 Å². The van der Waals surface area contributed by atoms with Crippen molar-refractivity contribution in [2.24, 2.45) is 5.92 Å². The van der Waals surface area contributed by atoms with Crippen LogP contribution in [0.4, 0.5) is 0 Å². The molecule has 1 amide bonds. The fourth-order valence-electron chi connectivity index (χ4n) is 2.31. The summed E-state index contributed by atoms with van der Waals surface area (Å²) in [7, 11) is -2.28. The van der Waals surface area contributed by atoms with Gasteiger partial charge in [0.15, 0.2) is 11.5 Å². The maximum atomic E-state index is 12.5. The first-order valence-corrected chi connectivity index (χ1v) is 10.4. The number of benzene rings is 1. The molecule has 0 saturated carbocycles. The third kappa shape index (κ3) is 5.62. The van der Waals surface area contributed by atoms with Crippen LogP contribution in [0.3, 0.4) is 0 Å². The lowest BCUT2D eigenvalue weighted by atomic mass is 10.1. The number of carbonyl (C=O) groups excluding carboxylic acids is 1. The smallest absolute Gasteiger partial charge is 0.311 e. The Morgan fingerprint density at radius 1 is 1.12 bits per heavy atom. The Balaban J connectivity index is 3.20. The number of hydrogen-bond acceptors (Lipinski definition) is 5. The SMILES string of the molecule is CC[C@H](C)N(Cc1ccc(OC)c(OS(=O)(=O)C(C)C)c1)C(=O)C(C)C. The molecular formula is C19H31NO5S. The maximum absolute atomic E-state index is 12.5. The van der Waals surface area contributed by atoms with Gasteiger partial charge in [-0.3, -0.25) is 4.79 Å². The minimum absolute atomic E-state index is 0.0624. The highest BCUT2D eigenvalue weighted by Gasteiger charge is 2.24. The molecule has 6 nitrogen and oxygen atoms in total. The van der Waals surface area contributed by atoms with Gasteiger partial charge in [0.2, 0.25) is 5.91 Å². The highest BCUT2D eigenvalue weighted by molar-refractivity contribution is 7.87. The van der Waals surface area contributed by atoms with Crippen molar-refractivity contribution in [1.29, 1.82) is 0 Å². The Labute approximate surface area is 157 Å². The van der Waals surface area contributed by atoms with Gasteiger partial charge in [-0.1, -0.05) is 26.8 Å². The Bertz CT molecular complexity index is 713. The molecule has 7 heteroatoms. The summed E-state index contributed by atoms with van der Waals surface area (Å²) in [4.78, 5) is 14.4. The summed E-state index contributed by atoms with van der Waals surface area (Å²) in [6, 6.07) is 5.18. The first kappa shape index (κ1) is 22.3. The first-order chi connectivity index (χ1) is 12.0. The summed E-state index contributed by atoms with van der Waals surface area (Å²) in [5.41, 5.74) is 0.786. The molecule has 0 fully saturated rings. The van der Waals surface area contributed by atoms with Crippen molar-refractivity contribution < 1.29 is 22.1 Å². The average Bonchev–Trinajstić information content (AvgIpc) is 2.58. The van der Waals surface area contributed by atoms with Gasteiger partial charge in [-0.2, -0.15) is 8.42 Å². The van der Waals surface area contributed by atoms with Crippen LogP contribution in [0.25, 0.3) is 0 Å². The molecule has 0 spiro atoms. The minimum Gasteiger partial charge on any atom is -0.493 e. The second-order valence-corrected chi connectivity index (χ2v) is 9.08. The first-order valence-electron chi connectivity index (χ1n) is 8.94. The van der Waals surface area contributed by atoms with Gasteiger partial charge in [0.25, 0.3) is 0 Å². The van der Waals surface area contributed by atoms with Crippen LogP contribution in [0.15, 0.2) is 18.2 Å². The summed E-state index contributed by atoms with van der Waals surface area (Å²) in [6.07, 6.45) is 0.833. The van der Waals surface area contributed by atoms with Crippen molar-refractivity contribution in [3.8, 4) is 11.5 Å². The number of ether oxygens (including phenoxy) is 1. The van der Waals surface area contributed by atoms with Crippen LogP contribution in [0.5, 0.6) is 11.5 Å². The van der Waals surface area contributed by atoms with Gasteiger partial charge < -0.3 is 13.8 Å². The summed E-state index contributed by atoms with van der Waals surface area (Å²) in [5, 5.41) is -0.671. The van der Waals surface area contributed by atoms with E-state index in [1.165, 1.54) is 7.11 Å². The van der Waals surface area contributed by atoms with E-state index in [0.29, 0.717) is 12.3 Å². The van der Waals surface area contributed by atoms with Gasteiger partial charge >= 0.3 is 10.1 Å². The molecular weight excluding hydrogens is 354 g/mol. The highest BCUT2D eigenvalue weighted by Crippen LogP contribution is 2.31. The third-order valence-corrected chi connectivity index (χ3v) is 5.83. The minimum atomic E-state index is -3.74. The number of nitrogens with zero attached hydrogens (tertiary/aromatic N) is 1. The molecule has 0 N–H and O–H groups in total. The molecule has 1 atom stereocenters. The van der Waals surface area contributed by atoms with E-state index in [1.807, 2.05) is 38.7 Å². The fourth-order valence-corrected chi connectivity index (χ4v) is 2.88. The van der Waals surface area contributed by atoms with Crippen molar-refractivity contribution in [3.63, 3.8) is 0 Å². The molecule has 0 radical (unpaired) electrons. The van der Waals surface area contributed by atoms with Gasteiger partial charge in [0.1, 0.15) is 0 Å². The van der Waals surface area contributed by atoms with Crippen LogP contribution >= 0.6 is 0 Å². The molecule has 0 aliphatic carbocycles. The molecule has 1 aromatic rings. The number of rotatable bonds is 9. The number of amides is 1. The van der Waals surface area contributed by atoms with E-state index in [0.717, 1.165) is 12.0 Å². The van der Waals surface area contributed by atoms with Crippen molar-refractivity contribution in [2.45, 2.75) is 65.8 Å². The molecule has 1 aromatic carbocycles. The normalized spacial score (nSPS) is 13.0. The molecule has 0 aliphatic heterocycles. The Morgan fingerprint density at radius 2 is 1.73 bits per heavy atom. The Hall–Kier alpha value is -1.76. The zero-order valence-electron chi connectivity index (χ0n) is 16.8. The van der Waals surface area contributed by atoms with Crippen LogP contribution in [-0.2, 0) is 21.5 Å². The standard InChI is InChI=1S/C19H31NO5S/c1-8-15(6)20(19(21)13(2)3)12-16-9-10-17(24-7)18(11-16)25-26(22,23)14(4)5/h9-11,13-15H,8,12H2,1-7H3/t15-/m0/s1. The lowest BCUT2D eigenvalue weighted by Crippen LogP contribution is -2.40. The van der Waals surface area contributed by atoms with E-state index < -0.39 is 15.4 Å². The monoisotopic (exact) mass is 385 g/mol. The van der Waals surface area contributed by atoms with E-state index in [4.69, 9.17) is 8.92 Å². The van der Waals surface area contributed by atoms with Crippen LogP contribution in [0.1, 0.15) is 53.5 Å². The van der Waals surface area contributed by atoms with Crippen molar-refractivity contribution >= 4 is 16.0 Å². The lowest BCUT2D eigenvalue weighted by Gasteiger charge is -2.30. The molecule has 148 valence electrons. The number of methoxy groups -OCH3 is 1. The van der Waals surface area contributed by atoms with E-state index in [-0.39, 0.29) is 23.6 Å². The zero-order valence-corrected chi connectivity index (χ0v) is 17.6. The summed E-state index contributed by atoms with van der Waals surface area (Å²) in [6.45, 7) is 11.3. The molecule has 0 bridgehead atoms. The highest BCUT2D eigenvalue weighted by atomic mass is 32.2. The van der Waals surface area contributed by atoms with Crippen LogP contribution in [0, 0.1) is 5.92 Å². The fraction of sp³-hybridized carbons (Fsp3) is 0.632. The third-order valence-electron chi connectivity index (χ3n) is 4.26. The molecule has 0 aliphatic rings. The quantitative estimate of drug-likeness (QED) is 0.607. The molecule has 0 saturated heterocycles. The topological polar surface area (TPSA) is 72.9 Å². The van der Waals surface area contributed by atoms with Gasteiger partial charge in [-0.05, 0) is 44.9 Å². The Morgan fingerprint density at radius 3 is 2.19 bits per heavy atom. The number of hydrogen-bond donors (Lipinski definition) is 0. The molecule has 26 heavy (non-hydrogen) atoms. The predicted octanol–water partition coefficient (Wildman–Crippen LogP) is 3.60. The second kappa shape index (κ2) is 9.26. The summed E-state index contributed by atoms with van der Waals surface area (Å²) in [5.74, 6) is 0.426. The van der Waals surface area contributed by atoms with Crippen molar-refractivity contribution in [2.75, 3.05) is 7.11 Å². The van der Waals surface area contributed by atoms with E-state index >= 15 is 0 Å². The maximum Gasteiger partial charge on any atom is 0.311 e.